The van der Waals surface area contributed by atoms with Gasteiger partial charge in [-0.05, 0) is 24.6 Å². The molecule has 0 spiro atoms. The molecule has 1 aliphatic rings. The van der Waals surface area contributed by atoms with Gasteiger partial charge in [0.15, 0.2) is 9.84 Å². The van der Waals surface area contributed by atoms with Gasteiger partial charge in [0.25, 0.3) is 0 Å². The van der Waals surface area contributed by atoms with Crippen molar-refractivity contribution in [2.75, 3.05) is 16.8 Å². The van der Waals surface area contributed by atoms with Gasteiger partial charge >= 0.3 is 6.03 Å². The number of nitrogens with zero attached hydrogens (tertiary/aromatic N) is 1. The first-order valence-electron chi connectivity index (χ1n) is 7.48. The van der Waals surface area contributed by atoms with Crippen molar-refractivity contribution in [2.45, 2.75) is 12.5 Å². The lowest BCUT2D eigenvalue weighted by atomic mass is 10.3. The normalized spacial score (nSPS) is 18.8. The number of aromatic nitrogens is 1. The summed E-state index contributed by atoms with van der Waals surface area (Å²) in [5.74, 6) is 1.40. The fourth-order valence-electron chi connectivity index (χ4n) is 2.40. The number of carbonyl (C=O) groups is 1. The SMILES string of the molecule is O=C(Nc1cccc(Oc2ccccc2)n1)NC1CCS(=O)(=O)C1. The van der Waals surface area contributed by atoms with Crippen LogP contribution >= 0.6 is 0 Å². The standard InChI is InChI=1S/C16H17N3O4S/c20-16(17-12-9-10-24(21,22)11-12)19-14-7-4-8-15(18-14)23-13-5-2-1-3-6-13/h1-8,12H,9-11H2,(H2,17,18,19,20). The molecule has 2 aromatic rings. The number of rotatable bonds is 4. The zero-order valence-corrected chi connectivity index (χ0v) is 13.6. The Bertz CT molecular complexity index is 824. The van der Waals surface area contributed by atoms with Crippen molar-refractivity contribution in [3.63, 3.8) is 0 Å². The lowest BCUT2D eigenvalue weighted by molar-refractivity contribution is 0.249. The number of amides is 2. The Morgan fingerprint density at radius 2 is 1.92 bits per heavy atom. The topological polar surface area (TPSA) is 97.4 Å². The Morgan fingerprint density at radius 1 is 1.12 bits per heavy atom. The van der Waals surface area contributed by atoms with Crippen LogP contribution in [-0.4, -0.2) is 37.0 Å². The Balaban J connectivity index is 1.59. The first-order chi connectivity index (χ1) is 11.5. The maximum atomic E-state index is 12.0. The highest BCUT2D eigenvalue weighted by molar-refractivity contribution is 7.91. The molecule has 1 atom stereocenters. The van der Waals surface area contributed by atoms with Crippen molar-refractivity contribution in [2.24, 2.45) is 0 Å². The summed E-state index contributed by atoms with van der Waals surface area (Å²) < 4.78 is 28.4. The van der Waals surface area contributed by atoms with E-state index < -0.39 is 15.9 Å². The van der Waals surface area contributed by atoms with Gasteiger partial charge in [-0.1, -0.05) is 24.3 Å². The van der Waals surface area contributed by atoms with E-state index in [0.717, 1.165) is 0 Å². The van der Waals surface area contributed by atoms with Gasteiger partial charge in [-0.25, -0.2) is 13.2 Å². The number of pyridine rings is 1. The van der Waals surface area contributed by atoms with E-state index in [1.54, 1.807) is 30.3 Å². The highest BCUT2D eigenvalue weighted by atomic mass is 32.2. The molecule has 1 aliphatic heterocycles. The number of anilines is 1. The summed E-state index contributed by atoms with van der Waals surface area (Å²) in [7, 11) is -3.03. The summed E-state index contributed by atoms with van der Waals surface area (Å²) in [6.07, 6.45) is 0.431. The molecule has 126 valence electrons. The molecule has 0 radical (unpaired) electrons. The van der Waals surface area contributed by atoms with Gasteiger partial charge < -0.3 is 10.1 Å². The summed E-state index contributed by atoms with van der Waals surface area (Å²) >= 11 is 0. The highest BCUT2D eigenvalue weighted by Gasteiger charge is 2.28. The lowest BCUT2D eigenvalue weighted by Crippen LogP contribution is -2.38. The molecule has 2 amide bonds. The fraction of sp³-hybridized carbons (Fsp3) is 0.250. The van der Waals surface area contributed by atoms with Gasteiger partial charge in [-0.15, -0.1) is 0 Å². The number of nitrogens with one attached hydrogen (secondary N) is 2. The number of benzene rings is 1. The zero-order valence-electron chi connectivity index (χ0n) is 12.8. The third-order valence-electron chi connectivity index (χ3n) is 3.50. The van der Waals surface area contributed by atoms with E-state index in [1.807, 2.05) is 18.2 Å². The van der Waals surface area contributed by atoms with Gasteiger partial charge in [0.2, 0.25) is 5.88 Å². The van der Waals surface area contributed by atoms with Crippen molar-refractivity contribution in [3.05, 3.63) is 48.5 Å². The average molecular weight is 347 g/mol. The molecule has 7 nitrogen and oxygen atoms in total. The Hall–Kier alpha value is -2.61. The second-order valence-corrected chi connectivity index (χ2v) is 7.70. The molecule has 0 saturated carbocycles. The van der Waals surface area contributed by atoms with E-state index in [1.165, 1.54) is 0 Å². The summed E-state index contributed by atoms with van der Waals surface area (Å²) in [4.78, 5) is 16.1. The fourth-order valence-corrected chi connectivity index (χ4v) is 4.07. The number of ether oxygens (including phenoxy) is 1. The molecule has 0 aliphatic carbocycles. The Labute approximate surface area is 140 Å². The second kappa shape index (κ2) is 6.88. The minimum atomic E-state index is -3.03. The second-order valence-electron chi connectivity index (χ2n) is 5.47. The Morgan fingerprint density at radius 3 is 2.62 bits per heavy atom. The summed E-state index contributed by atoms with van der Waals surface area (Å²) in [6, 6.07) is 13.3. The van der Waals surface area contributed by atoms with Crippen LogP contribution in [0.4, 0.5) is 10.6 Å². The molecule has 8 heteroatoms. The number of carbonyl (C=O) groups excluding carboxylic acids is 1. The van der Waals surface area contributed by atoms with Crippen LogP contribution in [0.1, 0.15) is 6.42 Å². The third-order valence-corrected chi connectivity index (χ3v) is 5.27. The van der Waals surface area contributed by atoms with Crippen molar-refractivity contribution in [1.29, 1.82) is 0 Å². The van der Waals surface area contributed by atoms with Crippen LogP contribution in [0.5, 0.6) is 11.6 Å². The predicted octanol–water partition coefficient (Wildman–Crippen LogP) is 2.18. The third kappa shape index (κ3) is 4.45. The average Bonchev–Trinajstić information content (AvgIpc) is 2.87. The largest absolute Gasteiger partial charge is 0.439 e. The number of sulfone groups is 1. The van der Waals surface area contributed by atoms with E-state index >= 15 is 0 Å². The van der Waals surface area contributed by atoms with E-state index in [2.05, 4.69) is 15.6 Å². The smallest absolute Gasteiger partial charge is 0.320 e. The van der Waals surface area contributed by atoms with Gasteiger partial charge in [-0.3, -0.25) is 5.32 Å². The summed E-state index contributed by atoms with van der Waals surface area (Å²) in [5.41, 5.74) is 0. The van der Waals surface area contributed by atoms with Crippen LogP contribution in [-0.2, 0) is 9.84 Å². The minimum absolute atomic E-state index is 0.0228. The molecular weight excluding hydrogens is 330 g/mol. The van der Waals surface area contributed by atoms with E-state index in [4.69, 9.17) is 4.74 Å². The van der Waals surface area contributed by atoms with Crippen molar-refractivity contribution < 1.29 is 17.9 Å². The quantitative estimate of drug-likeness (QED) is 0.883. The molecule has 1 aromatic heterocycles. The first-order valence-corrected chi connectivity index (χ1v) is 9.30. The van der Waals surface area contributed by atoms with Crippen LogP contribution in [0.2, 0.25) is 0 Å². The number of urea groups is 1. The van der Waals surface area contributed by atoms with Crippen LogP contribution < -0.4 is 15.4 Å². The Kier molecular flexibility index (Phi) is 4.66. The minimum Gasteiger partial charge on any atom is -0.439 e. The van der Waals surface area contributed by atoms with Crippen LogP contribution in [0.3, 0.4) is 0 Å². The van der Waals surface area contributed by atoms with Gasteiger partial charge in [-0.2, -0.15) is 4.98 Å². The molecule has 1 unspecified atom stereocenters. The maximum absolute atomic E-state index is 12.0. The van der Waals surface area contributed by atoms with Crippen LogP contribution in [0.15, 0.2) is 48.5 Å². The molecule has 24 heavy (non-hydrogen) atoms. The van der Waals surface area contributed by atoms with Crippen molar-refractivity contribution >= 4 is 21.7 Å². The van der Waals surface area contributed by atoms with Gasteiger partial charge in [0.1, 0.15) is 11.6 Å². The molecule has 2 N–H and O–H groups in total. The molecule has 2 heterocycles. The van der Waals surface area contributed by atoms with Crippen LogP contribution in [0, 0.1) is 0 Å². The molecule has 1 aromatic carbocycles. The predicted molar refractivity (Wildman–Crippen MR) is 90.0 cm³/mol. The number of hydrogen-bond acceptors (Lipinski definition) is 5. The molecule has 1 fully saturated rings. The summed E-state index contributed by atoms with van der Waals surface area (Å²) in [6.45, 7) is 0. The van der Waals surface area contributed by atoms with Crippen LogP contribution in [0.25, 0.3) is 0 Å². The van der Waals surface area contributed by atoms with Crippen molar-refractivity contribution in [3.8, 4) is 11.6 Å². The molecular formula is C16H17N3O4S. The highest BCUT2D eigenvalue weighted by Crippen LogP contribution is 2.20. The number of para-hydroxylation sites is 1. The van der Waals surface area contributed by atoms with E-state index in [-0.39, 0.29) is 17.5 Å². The molecule has 3 rings (SSSR count). The lowest BCUT2D eigenvalue weighted by Gasteiger charge is -2.12. The monoisotopic (exact) mass is 347 g/mol. The first kappa shape index (κ1) is 16.3. The van der Waals surface area contributed by atoms with E-state index in [0.29, 0.717) is 23.9 Å². The van der Waals surface area contributed by atoms with Gasteiger partial charge in [0, 0.05) is 12.1 Å². The molecule has 1 saturated heterocycles. The van der Waals surface area contributed by atoms with E-state index in [9.17, 15) is 13.2 Å². The number of hydrogen-bond donors (Lipinski definition) is 2. The van der Waals surface area contributed by atoms with Gasteiger partial charge in [0.05, 0.1) is 11.5 Å². The molecule has 0 bridgehead atoms. The maximum Gasteiger partial charge on any atom is 0.320 e. The zero-order chi connectivity index (χ0) is 17.0. The van der Waals surface area contributed by atoms with Crippen molar-refractivity contribution in [1.82, 2.24) is 10.3 Å². The summed E-state index contributed by atoms with van der Waals surface area (Å²) in [5, 5.41) is 5.23.